The largest absolute Gasteiger partial charge is 0.480 e. The Hall–Kier alpha value is -1.44. The molecular formula is C14H20N2O4S. The number of benzene rings is 1. The third-order valence-electron chi connectivity index (χ3n) is 3.84. The predicted molar refractivity (Wildman–Crippen MR) is 78.7 cm³/mol. The van der Waals surface area contributed by atoms with Gasteiger partial charge in [-0.2, -0.15) is 17.4 Å². The van der Waals surface area contributed by atoms with Gasteiger partial charge in [-0.25, -0.2) is 0 Å². The molecular weight excluding hydrogens is 292 g/mol. The molecule has 1 aliphatic rings. The molecule has 0 aliphatic heterocycles. The number of nitrogens with one attached hydrogen (secondary N) is 1. The van der Waals surface area contributed by atoms with E-state index in [1.165, 1.54) is 14.0 Å². The third kappa shape index (κ3) is 3.61. The molecule has 1 aromatic carbocycles. The highest BCUT2D eigenvalue weighted by atomic mass is 32.2. The predicted octanol–water partition coefficient (Wildman–Crippen LogP) is 1.21. The maximum Gasteiger partial charge on any atom is 0.324 e. The summed E-state index contributed by atoms with van der Waals surface area (Å²) in [6.45, 7) is 1.62. The Kier molecular flexibility index (Phi) is 4.36. The molecule has 2 N–H and O–H groups in total. The highest BCUT2D eigenvalue weighted by molar-refractivity contribution is 7.87. The van der Waals surface area contributed by atoms with Crippen LogP contribution in [-0.2, 0) is 21.5 Å². The van der Waals surface area contributed by atoms with Crippen molar-refractivity contribution in [3.05, 3.63) is 35.9 Å². The topological polar surface area (TPSA) is 86.7 Å². The SMILES string of the molecule is CN(Cc1ccccc1)S(=O)(=O)NC(C)(C(=O)O)C1CC1. The van der Waals surface area contributed by atoms with Gasteiger partial charge >= 0.3 is 5.97 Å². The van der Waals surface area contributed by atoms with Gasteiger partial charge in [-0.3, -0.25) is 4.79 Å². The quantitative estimate of drug-likeness (QED) is 0.792. The molecule has 7 heteroatoms. The van der Waals surface area contributed by atoms with Crippen LogP contribution in [0.15, 0.2) is 30.3 Å². The van der Waals surface area contributed by atoms with Crippen molar-refractivity contribution in [1.82, 2.24) is 9.03 Å². The summed E-state index contributed by atoms with van der Waals surface area (Å²) >= 11 is 0. The number of carboxylic acids is 1. The highest BCUT2D eigenvalue weighted by Crippen LogP contribution is 2.40. The van der Waals surface area contributed by atoms with Crippen molar-refractivity contribution in [2.24, 2.45) is 5.92 Å². The van der Waals surface area contributed by atoms with E-state index in [1.54, 1.807) is 0 Å². The normalized spacial score (nSPS) is 18.4. The average molecular weight is 312 g/mol. The molecule has 1 saturated carbocycles. The Morgan fingerprint density at radius 3 is 2.43 bits per heavy atom. The Bertz CT molecular complexity index is 613. The number of aliphatic carboxylic acids is 1. The van der Waals surface area contributed by atoms with Gasteiger partial charge in [0.05, 0.1) is 0 Å². The molecule has 0 saturated heterocycles. The molecule has 1 aromatic rings. The van der Waals surface area contributed by atoms with Crippen LogP contribution in [0.25, 0.3) is 0 Å². The van der Waals surface area contributed by atoms with Gasteiger partial charge in [0, 0.05) is 13.6 Å². The Labute approximate surface area is 125 Å². The van der Waals surface area contributed by atoms with Crippen molar-refractivity contribution in [2.75, 3.05) is 7.05 Å². The monoisotopic (exact) mass is 312 g/mol. The molecule has 0 bridgehead atoms. The number of nitrogens with zero attached hydrogens (tertiary/aromatic N) is 1. The van der Waals surface area contributed by atoms with E-state index in [0.29, 0.717) is 0 Å². The molecule has 1 unspecified atom stereocenters. The average Bonchev–Trinajstić information content (AvgIpc) is 3.23. The molecule has 21 heavy (non-hydrogen) atoms. The summed E-state index contributed by atoms with van der Waals surface area (Å²) in [6.07, 6.45) is 1.46. The van der Waals surface area contributed by atoms with Crippen molar-refractivity contribution in [2.45, 2.75) is 31.8 Å². The molecule has 2 rings (SSSR count). The lowest BCUT2D eigenvalue weighted by Crippen LogP contribution is -2.56. The molecule has 116 valence electrons. The van der Waals surface area contributed by atoms with E-state index in [0.717, 1.165) is 22.7 Å². The van der Waals surface area contributed by atoms with Crippen LogP contribution >= 0.6 is 0 Å². The van der Waals surface area contributed by atoms with Crippen LogP contribution in [-0.4, -0.2) is 36.4 Å². The maximum atomic E-state index is 12.3. The van der Waals surface area contributed by atoms with E-state index >= 15 is 0 Å². The number of carboxylic acid groups (broad SMARTS) is 1. The van der Waals surface area contributed by atoms with E-state index in [9.17, 15) is 18.3 Å². The van der Waals surface area contributed by atoms with Crippen molar-refractivity contribution < 1.29 is 18.3 Å². The fraction of sp³-hybridized carbons (Fsp3) is 0.500. The zero-order valence-corrected chi connectivity index (χ0v) is 12.9. The number of carbonyl (C=O) groups is 1. The van der Waals surface area contributed by atoms with Crippen LogP contribution in [0.1, 0.15) is 25.3 Å². The number of hydrogen-bond donors (Lipinski definition) is 2. The van der Waals surface area contributed by atoms with E-state index < -0.39 is 21.7 Å². The first kappa shape index (κ1) is 15.9. The standard InChI is InChI=1S/C14H20N2O4S/c1-14(13(17)18,12-8-9-12)15-21(19,20)16(2)10-11-6-4-3-5-7-11/h3-7,12,15H,8-10H2,1-2H3,(H,17,18). The van der Waals surface area contributed by atoms with Crippen LogP contribution < -0.4 is 4.72 Å². The molecule has 1 atom stereocenters. The molecule has 0 amide bonds. The van der Waals surface area contributed by atoms with E-state index in [-0.39, 0.29) is 12.5 Å². The summed E-state index contributed by atoms with van der Waals surface area (Å²) in [4.78, 5) is 11.4. The maximum absolute atomic E-state index is 12.3. The molecule has 6 nitrogen and oxygen atoms in total. The second kappa shape index (κ2) is 5.75. The zero-order valence-electron chi connectivity index (χ0n) is 12.1. The van der Waals surface area contributed by atoms with Crippen molar-refractivity contribution in [3.63, 3.8) is 0 Å². The minimum Gasteiger partial charge on any atom is -0.480 e. The molecule has 0 radical (unpaired) electrons. The lowest BCUT2D eigenvalue weighted by molar-refractivity contribution is -0.144. The van der Waals surface area contributed by atoms with Crippen LogP contribution in [0, 0.1) is 5.92 Å². The van der Waals surface area contributed by atoms with Gasteiger partial charge in [0.25, 0.3) is 10.2 Å². The van der Waals surface area contributed by atoms with E-state index in [2.05, 4.69) is 4.72 Å². The lowest BCUT2D eigenvalue weighted by atomic mass is 9.98. The summed E-state index contributed by atoms with van der Waals surface area (Å²) in [7, 11) is -2.43. The van der Waals surface area contributed by atoms with Gasteiger partial charge in [0.2, 0.25) is 0 Å². The third-order valence-corrected chi connectivity index (χ3v) is 5.47. The Morgan fingerprint density at radius 1 is 1.38 bits per heavy atom. The summed E-state index contributed by atoms with van der Waals surface area (Å²) in [5.41, 5.74) is -0.599. The first-order valence-corrected chi connectivity index (χ1v) is 8.22. The summed E-state index contributed by atoms with van der Waals surface area (Å²) in [5.74, 6) is -1.28. The summed E-state index contributed by atoms with van der Waals surface area (Å²) < 4.78 is 28.2. The molecule has 1 aliphatic carbocycles. The van der Waals surface area contributed by atoms with Gasteiger partial charge in [0.1, 0.15) is 5.54 Å². The van der Waals surface area contributed by atoms with Crippen LogP contribution in [0.2, 0.25) is 0 Å². The van der Waals surface area contributed by atoms with E-state index in [1.807, 2.05) is 30.3 Å². The first-order chi connectivity index (χ1) is 9.75. The van der Waals surface area contributed by atoms with Crippen molar-refractivity contribution >= 4 is 16.2 Å². The fourth-order valence-corrected chi connectivity index (χ4v) is 3.50. The smallest absolute Gasteiger partial charge is 0.324 e. The second-order valence-corrected chi connectivity index (χ2v) is 7.41. The summed E-state index contributed by atoms with van der Waals surface area (Å²) in [6, 6.07) is 9.15. The molecule has 0 aromatic heterocycles. The van der Waals surface area contributed by atoms with Crippen LogP contribution in [0.4, 0.5) is 0 Å². The van der Waals surface area contributed by atoms with Crippen molar-refractivity contribution in [1.29, 1.82) is 0 Å². The fourth-order valence-electron chi connectivity index (χ4n) is 2.23. The van der Waals surface area contributed by atoms with Crippen molar-refractivity contribution in [3.8, 4) is 0 Å². The van der Waals surface area contributed by atoms with Crippen LogP contribution in [0.5, 0.6) is 0 Å². The van der Waals surface area contributed by atoms with Gasteiger partial charge in [-0.05, 0) is 31.2 Å². The highest BCUT2D eigenvalue weighted by Gasteiger charge is 2.50. The van der Waals surface area contributed by atoms with Gasteiger partial charge in [-0.1, -0.05) is 30.3 Å². The molecule has 0 spiro atoms. The second-order valence-electron chi connectivity index (χ2n) is 5.63. The van der Waals surface area contributed by atoms with Gasteiger partial charge < -0.3 is 5.11 Å². The molecule has 0 heterocycles. The Balaban J connectivity index is 2.12. The minimum absolute atomic E-state index is 0.144. The number of rotatable bonds is 7. The number of hydrogen-bond acceptors (Lipinski definition) is 3. The first-order valence-electron chi connectivity index (χ1n) is 6.78. The van der Waals surface area contributed by atoms with Gasteiger partial charge in [0.15, 0.2) is 0 Å². The molecule has 1 fully saturated rings. The lowest BCUT2D eigenvalue weighted by Gasteiger charge is -2.28. The minimum atomic E-state index is -3.86. The Morgan fingerprint density at radius 2 is 1.95 bits per heavy atom. The summed E-state index contributed by atoms with van der Waals surface area (Å²) in [5, 5.41) is 9.33. The zero-order chi connectivity index (χ0) is 15.7. The van der Waals surface area contributed by atoms with Gasteiger partial charge in [-0.15, -0.1) is 0 Å². The van der Waals surface area contributed by atoms with Crippen LogP contribution in [0.3, 0.4) is 0 Å². The van der Waals surface area contributed by atoms with E-state index in [4.69, 9.17) is 0 Å².